The number of ether oxygens (including phenoxy) is 1. The first-order valence-corrected chi connectivity index (χ1v) is 11.4. The van der Waals surface area contributed by atoms with E-state index in [0.717, 1.165) is 25.8 Å². The zero-order valence-electron chi connectivity index (χ0n) is 17.5. The Morgan fingerprint density at radius 2 is 2.04 bits per heavy atom. The minimum Gasteiger partial charge on any atom is -0.469 e. The molecule has 0 radical (unpaired) electrons. The Hall–Kier alpha value is -0.610. The molecular weight excluding hydrogens is 338 g/mol. The summed E-state index contributed by atoms with van der Waals surface area (Å²) in [4.78, 5) is 14.8. The topological polar surface area (TPSA) is 49.8 Å². The van der Waals surface area contributed by atoms with Gasteiger partial charge in [-0.15, -0.1) is 0 Å². The van der Waals surface area contributed by atoms with Gasteiger partial charge in [-0.2, -0.15) is 0 Å². The van der Waals surface area contributed by atoms with Crippen molar-refractivity contribution in [3.8, 4) is 0 Å². The lowest BCUT2D eigenvalue weighted by molar-refractivity contribution is -0.388. The van der Waals surface area contributed by atoms with Gasteiger partial charge in [0.05, 0.1) is 7.11 Å². The van der Waals surface area contributed by atoms with E-state index in [9.17, 15) is 9.90 Å². The van der Waals surface area contributed by atoms with E-state index in [0.29, 0.717) is 47.5 Å². The van der Waals surface area contributed by atoms with Crippen molar-refractivity contribution in [2.24, 2.45) is 40.4 Å². The summed E-state index contributed by atoms with van der Waals surface area (Å²) in [6.07, 6.45) is 8.59. The number of hydrogen-bond donors (Lipinski definition) is 1. The highest BCUT2D eigenvalue weighted by Crippen LogP contribution is 2.78. The van der Waals surface area contributed by atoms with E-state index in [1.165, 1.54) is 32.8 Å². The van der Waals surface area contributed by atoms with Gasteiger partial charge in [-0.3, -0.25) is 9.69 Å². The van der Waals surface area contributed by atoms with Crippen molar-refractivity contribution >= 4 is 5.97 Å². The smallest absolute Gasteiger partial charge is 0.305 e. The van der Waals surface area contributed by atoms with Crippen molar-refractivity contribution in [2.45, 2.75) is 83.9 Å². The Balaban J connectivity index is 1.67. The number of nitrogens with zero attached hydrogens (tertiary/aromatic N) is 1. The fraction of sp³-hybridized carbons (Fsp3) is 0.957. The maximum Gasteiger partial charge on any atom is 0.305 e. The molecule has 27 heavy (non-hydrogen) atoms. The second-order valence-corrected chi connectivity index (χ2v) is 11.0. The van der Waals surface area contributed by atoms with Gasteiger partial charge in [0.15, 0.2) is 0 Å². The molecule has 0 aromatic carbocycles. The monoisotopic (exact) mass is 375 g/mol. The average Bonchev–Trinajstić information content (AvgIpc) is 2.62. The van der Waals surface area contributed by atoms with Crippen LogP contribution in [0.1, 0.15) is 72.1 Å². The molecule has 6 aliphatic rings. The molecule has 0 spiro atoms. The van der Waals surface area contributed by atoms with Gasteiger partial charge in [-0.05, 0) is 79.4 Å². The van der Waals surface area contributed by atoms with Gasteiger partial charge in [0.2, 0.25) is 0 Å². The van der Waals surface area contributed by atoms with Gasteiger partial charge in [0, 0.05) is 24.9 Å². The van der Waals surface area contributed by atoms with Crippen LogP contribution in [0.5, 0.6) is 0 Å². The number of hydrogen-bond acceptors (Lipinski definition) is 4. The molecule has 3 aliphatic heterocycles. The average molecular weight is 376 g/mol. The highest BCUT2D eigenvalue weighted by atomic mass is 16.5. The lowest BCUT2D eigenvalue weighted by atomic mass is 9.31. The molecule has 9 atom stereocenters. The number of rotatable bonds is 4. The summed E-state index contributed by atoms with van der Waals surface area (Å²) < 4.78 is 5.06. The van der Waals surface area contributed by atoms with Crippen molar-refractivity contribution in [2.75, 3.05) is 13.7 Å². The molecule has 0 amide bonds. The van der Waals surface area contributed by atoms with Crippen LogP contribution < -0.4 is 0 Å². The summed E-state index contributed by atoms with van der Waals surface area (Å²) in [5, 5.41) is 11.9. The number of methoxy groups -OCH3 is 1. The van der Waals surface area contributed by atoms with Crippen molar-refractivity contribution in [1.82, 2.24) is 4.90 Å². The summed E-state index contributed by atoms with van der Waals surface area (Å²) >= 11 is 0. The van der Waals surface area contributed by atoms with Crippen LogP contribution in [0.15, 0.2) is 0 Å². The number of carbonyl (C=O) groups is 1. The molecule has 1 unspecified atom stereocenters. The van der Waals surface area contributed by atoms with Gasteiger partial charge in [-0.25, -0.2) is 0 Å². The van der Waals surface area contributed by atoms with Gasteiger partial charge < -0.3 is 9.84 Å². The van der Waals surface area contributed by atoms with Crippen LogP contribution in [0, 0.1) is 40.4 Å². The molecule has 3 aliphatic carbocycles. The third-order valence-electron chi connectivity index (χ3n) is 10.3. The molecule has 6 fully saturated rings. The molecule has 4 nitrogen and oxygen atoms in total. The fourth-order valence-corrected chi connectivity index (χ4v) is 9.25. The zero-order valence-corrected chi connectivity index (χ0v) is 17.5. The van der Waals surface area contributed by atoms with Gasteiger partial charge >= 0.3 is 5.97 Å². The minimum atomic E-state index is -0.579. The van der Waals surface area contributed by atoms with Crippen molar-refractivity contribution < 1.29 is 14.6 Å². The molecule has 8 bridgehead atoms. The van der Waals surface area contributed by atoms with Crippen LogP contribution in [0.25, 0.3) is 0 Å². The maximum absolute atomic E-state index is 12.2. The van der Waals surface area contributed by atoms with Gasteiger partial charge in [0.1, 0.15) is 5.72 Å². The SMILES string of the molecule is COC(=O)CC[C@]12[C@@H]3[C@@H](C(C)C)CC[C@@]1(C)[C@@H]1C[C@@H]4[C@@H]2CCC[C@]4(O)N3C1. The Labute approximate surface area is 164 Å². The lowest BCUT2D eigenvalue weighted by Crippen LogP contribution is -2.86. The second kappa shape index (κ2) is 5.72. The molecule has 4 heteroatoms. The molecule has 1 N–H and O–H groups in total. The molecule has 3 saturated heterocycles. The first-order chi connectivity index (χ1) is 12.8. The van der Waals surface area contributed by atoms with Crippen molar-refractivity contribution in [1.29, 1.82) is 0 Å². The highest BCUT2D eigenvalue weighted by molar-refractivity contribution is 5.69. The first-order valence-electron chi connectivity index (χ1n) is 11.4. The van der Waals surface area contributed by atoms with E-state index in [1.807, 2.05) is 0 Å². The lowest BCUT2D eigenvalue weighted by Gasteiger charge is -2.82. The molecule has 152 valence electrons. The zero-order chi connectivity index (χ0) is 19.2. The number of aliphatic hydroxyl groups is 1. The van der Waals surface area contributed by atoms with Crippen LogP contribution in [0.3, 0.4) is 0 Å². The van der Waals surface area contributed by atoms with Gasteiger partial charge in [0.25, 0.3) is 0 Å². The van der Waals surface area contributed by atoms with E-state index in [4.69, 9.17) is 4.74 Å². The van der Waals surface area contributed by atoms with Crippen LogP contribution >= 0.6 is 0 Å². The Morgan fingerprint density at radius 3 is 2.74 bits per heavy atom. The second-order valence-electron chi connectivity index (χ2n) is 11.0. The predicted octanol–water partition coefficient (Wildman–Crippen LogP) is 3.82. The Morgan fingerprint density at radius 1 is 1.26 bits per heavy atom. The van der Waals surface area contributed by atoms with Crippen LogP contribution in [-0.2, 0) is 9.53 Å². The summed E-state index contributed by atoms with van der Waals surface area (Å²) in [5.74, 6) is 2.86. The van der Waals surface area contributed by atoms with E-state index in [1.54, 1.807) is 0 Å². The van der Waals surface area contributed by atoms with E-state index in [2.05, 4.69) is 25.7 Å². The minimum absolute atomic E-state index is 0.0606. The Kier molecular flexibility index (Phi) is 3.90. The number of carbonyl (C=O) groups excluding carboxylic acids is 1. The van der Waals surface area contributed by atoms with Crippen LogP contribution in [-0.4, -0.2) is 41.4 Å². The normalized spacial score (nSPS) is 55.0. The van der Waals surface area contributed by atoms with Crippen molar-refractivity contribution in [3.63, 3.8) is 0 Å². The Bertz CT molecular complexity index is 650. The molecule has 3 heterocycles. The molecular formula is C23H37NO3. The van der Waals surface area contributed by atoms with Crippen LogP contribution in [0.2, 0.25) is 0 Å². The molecule has 0 aromatic heterocycles. The predicted molar refractivity (Wildman–Crippen MR) is 104 cm³/mol. The standard InChI is InChI=1S/C23H37NO3/c1-14(2)16-7-10-21(3)15-12-18-17-6-5-9-23(18,26)24(13-15)20(16)22(17,21)11-8-19(25)27-4/h14-18,20,26H,5-13H2,1-4H3/t15-,16-,17+,18-,20+,21+,22+,23-/m1/s1. The largest absolute Gasteiger partial charge is 0.469 e. The summed E-state index contributed by atoms with van der Waals surface area (Å²) in [6.45, 7) is 8.37. The molecule has 3 saturated carbocycles. The number of esters is 1. The van der Waals surface area contributed by atoms with Crippen molar-refractivity contribution in [3.05, 3.63) is 0 Å². The summed E-state index contributed by atoms with van der Waals surface area (Å²) in [5.41, 5.74) is -0.0923. The van der Waals surface area contributed by atoms with E-state index >= 15 is 0 Å². The maximum atomic E-state index is 12.2. The fourth-order valence-electron chi connectivity index (χ4n) is 9.25. The first kappa shape index (κ1) is 18.4. The summed E-state index contributed by atoms with van der Waals surface area (Å²) in [7, 11) is 1.52. The van der Waals surface area contributed by atoms with Gasteiger partial charge in [-0.1, -0.05) is 20.8 Å². The summed E-state index contributed by atoms with van der Waals surface area (Å²) in [6, 6.07) is 0.434. The highest BCUT2D eigenvalue weighted by Gasteiger charge is 2.78. The third-order valence-corrected chi connectivity index (χ3v) is 10.3. The van der Waals surface area contributed by atoms with E-state index in [-0.39, 0.29) is 11.4 Å². The third kappa shape index (κ3) is 2.00. The number of piperidine rings is 3. The van der Waals surface area contributed by atoms with E-state index < -0.39 is 5.72 Å². The van der Waals surface area contributed by atoms with Crippen LogP contribution in [0.4, 0.5) is 0 Å². The molecule has 6 rings (SSSR count). The quantitative estimate of drug-likeness (QED) is 0.759. The molecule has 0 aromatic rings.